The minimum Gasteiger partial charge on any atom is -0.494 e. The van der Waals surface area contributed by atoms with Crippen LogP contribution in [0.2, 0.25) is 25.7 Å². The molecule has 3 unspecified atom stereocenters. The van der Waals surface area contributed by atoms with Crippen LogP contribution in [0.15, 0.2) is 47.3 Å². The molecule has 0 spiro atoms. The van der Waals surface area contributed by atoms with Crippen molar-refractivity contribution in [3.05, 3.63) is 63.9 Å². The van der Waals surface area contributed by atoms with Crippen molar-refractivity contribution < 1.29 is 32.2 Å². The fourth-order valence-corrected chi connectivity index (χ4v) is 6.27. The quantitative estimate of drug-likeness (QED) is 0.0887. The van der Waals surface area contributed by atoms with Crippen LogP contribution in [-0.2, 0) is 22.3 Å². The van der Waals surface area contributed by atoms with Gasteiger partial charge in [0.25, 0.3) is 5.56 Å². The maximum Gasteiger partial charge on any atom is 0.416 e. The predicted octanol–water partition coefficient (Wildman–Crippen LogP) is 6.79. The zero-order chi connectivity index (χ0) is 32.1. The first-order valence-electron chi connectivity index (χ1n) is 15.2. The first-order valence-corrected chi connectivity index (χ1v) is 18.9. The number of hydrogen-bond donors (Lipinski definition) is 0. The molecule has 1 aliphatic rings. The Balaban J connectivity index is 1.58. The SMILES string of the molecule is CCCCCOc1ccc(C(=O)C2CCC(Cn3nnc4ccc(C(F)(F)F)cc4c3=O)C2C(=O)OCC[Si](C)(C)C)cc1. The van der Waals surface area contributed by atoms with E-state index in [1.807, 2.05) is 0 Å². The minimum atomic E-state index is -4.63. The molecule has 12 heteroatoms. The van der Waals surface area contributed by atoms with Gasteiger partial charge in [-0.25, -0.2) is 4.68 Å². The van der Waals surface area contributed by atoms with Crippen LogP contribution >= 0.6 is 0 Å². The second kappa shape index (κ2) is 14.0. The van der Waals surface area contributed by atoms with Crippen LogP contribution in [0.1, 0.15) is 54.9 Å². The molecule has 3 aromatic rings. The van der Waals surface area contributed by atoms with Gasteiger partial charge in [-0.05, 0) is 73.7 Å². The van der Waals surface area contributed by atoms with Crippen molar-refractivity contribution >= 4 is 30.7 Å². The minimum absolute atomic E-state index is 0.0406. The molecule has 4 rings (SSSR count). The van der Waals surface area contributed by atoms with Crippen LogP contribution in [0.4, 0.5) is 13.2 Å². The highest BCUT2D eigenvalue weighted by atomic mass is 28.3. The van der Waals surface area contributed by atoms with Crippen molar-refractivity contribution in [1.29, 1.82) is 0 Å². The van der Waals surface area contributed by atoms with Crippen molar-refractivity contribution in [2.24, 2.45) is 17.8 Å². The molecule has 1 saturated carbocycles. The number of unbranched alkanes of at least 4 members (excludes halogenated alkanes) is 2. The summed E-state index contributed by atoms with van der Waals surface area (Å²) in [6.07, 6.45) is -0.714. The third kappa shape index (κ3) is 8.34. The number of aromatic nitrogens is 3. The number of rotatable bonds is 13. The van der Waals surface area contributed by atoms with Gasteiger partial charge < -0.3 is 9.47 Å². The average Bonchev–Trinajstić information content (AvgIpc) is 3.39. The average molecular weight is 632 g/mol. The third-order valence-electron chi connectivity index (χ3n) is 8.11. The predicted molar refractivity (Wildman–Crippen MR) is 163 cm³/mol. The highest BCUT2D eigenvalue weighted by molar-refractivity contribution is 6.76. The summed E-state index contributed by atoms with van der Waals surface area (Å²) in [6.45, 7) is 9.35. The van der Waals surface area contributed by atoms with Gasteiger partial charge in [-0.15, -0.1) is 5.10 Å². The largest absolute Gasteiger partial charge is 0.494 e. The molecule has 3 atom stereocenters. The fourth-order valence-electron chi connectivity index (χ4n) is 5.56. The molecule has 44 heavy (non-hydrogen) atoms. The molecule has 238 valence electrons. The van der Waals surface area contributed by atoms with Crippen LogP contribution in [0.3, 0.4) is 0 Å². The van der Waals surface area contributed by atoms with E-state index in [0.717, 1.165) is 48.2 Å². The number of halogens is 3. The summed E-state index contributed by atoms with van der Waals surface area (Å²) in [4.78, 5) is 40.5. The van der Waals surface area contributed by atoms with E-state index in [1.165, 1.54) is 0 Å². The van der Waals surface area contributed by atoms with E-state index in [2.05, 4.69) is 36.9 Å². The van der Waals surface area contributed by atoms with Crippen molar-refractivity contribution in [2.45, 2.75) is 77.4 Å². The summed E-state index contributed by atoms with van der Waals surface area (Å²) >= 11 is 0. The number of benzene rings is 2. The van der Waals surface area contributed by atoms with E-state index < -0.39 is 49.1 Å². The highest BCUT2D eigenvalue weighted by Crippen LogP contribution is 2.41. The summed E-state index contributed by atoms with van der Waals surface area (Å²) < 4.78 is 52.4. The zero-order valence-corrected chi connectivity index (χ0v) is 26.7. The molecular formula is C32H40F3N3O5Si. The number of hydrogen-bond acceptors (Lipinski definition) is 7. The fraction of sp³-hybridized carbons (Fsp3) is 0.531. The number of carbonyl (C=O) groups is 2. The van der Waals surface area contributed by atoms with Crippen LogP contribution in [0.5, 0.6) is 5.75 Å². The number of carbonyl (C=O) groups excluding carboxylic acids is 2. The zero-order valence-electron chi connectivity index (χ0n) is 25.7. The Morgan fingerprint density at radius 3 is 2.41 bits per heavy atom. The molecule has 0 N–H and O–H groups in total. The first kappa shape index (κ1) is 33.4. The van der Waals surface area contributed by atoms with Crippen molar-refractivity contribution in [3.63, 3.8) is 0 Å². The van der Waals surface area contributed by atoms with Gasteiger partial charge in [0.15, 0.2) is 5.78 Å². The van der Waals surface area contributed by atoms with Gasteiger partial charge in [-0.2, -0.15) is 13.2 Å². The lowest BCUT2D eigenvalue weighted by molar-refractivity contribution is -0.150. The molecule has 0 amide bonds. The summed E-state index contributed by atoms with van der Waals surface area (Å²) in [5, 5.41) is 7.69. The molecule has 1 aliphatic carbocycles. The molecular weight excluding hydrogens is 591 g/mol. The van der Waals surface area contributed by atoms with Crippen LogP contribution in [-0.4, -0.2) is 48.0 Å². The highest BCUT2D eigenvalue weighted by Gasteiger charge is 2.46. The first-order chi connectivity index (χ1) is 20.8. The Bertz CT molecular complexity index is 1520. The van der Waals surface area contributed by atoms with Gasteiger partial charge >= 0.3 is 12.1 Å². The van der Waals surface area contributed by atoms with Crippen molar-refractivity contribution in [3.8, 4) is 5.75 Å². The third-order valence-corrected chi connectivity index (χ3v) is 9.81. The van der Waals surface area contributed by atoms with Gasteiger partial charge in [0.2, 0.25) is 0 Å². The molecule has 1 heterocycles. The Morgan fingerprint density at radius 2 is 1.75 bits per heavy atom. The number of nitrogens with zero attached hydrogens (tertiary/aromatic N) is 3. The number of ether oxygens (including phenoxy) is 2. The molecule has 8 nitrogen and oxygen atoms in total. The molecule has 0 aliphatic heterocycles. The van der Waals surface area contributed by atoms with E-state index >= 15 is 0 Å². The molecule has 1 fully saturated rings. The number of Topliss-reactive ketones (excluding diaryl/α,β-unsaturated/α-hetero) is 1. The summed E-state index contributed by atoms with van der Waals surface area (Å²) in [5.41, 5.74) is -1.22. The van der Waals surface area contributed by atoms with Crippen molar-refractivity contribution in [1.82, 2.24) is 15.0 Å². The van der Waals surface area contributed by atoms with Gasteiger partial charge in [0.1, 0.15) is 11.3 Å². The van der Waals surface area contributed by atoms with E-state index in [9.17, 15) is 27.6 Å². The molecule has 0 radical (unpaired) electrons. The van der Waals surface area contributed by atoms with E-state index in [0.29, 0.717) is 30.8 Å². The van der Waals surface area contributed by atoms with Crippen LogP contribution < -0.4 is 10.3 Å². The lowest BCUT2D eigenvalue weighted by atomic mass is 9.84. The summed E-state index contributed by atoms with van der Waals surface area (Å²) in [6, 6.07) is 10.4. The van der Waals surface area contributed by atoms with E-state index in [-0.39, 0.29) is 29.8 Å². The Kier molecular flexibility index (Phi) is 10.6. The topological polar surface area (TPSA) is 100 Å². The lowest BCUT2D eigenvalue weighted by Crippen LogP contribution is -2.36. The number of fused-ring (bicyclic) bond motifs is 1. The second-order valence-corrected chi connectivity index (χ2v) is 18.3. The summed E-state index contributed by atoms with van der Waals surface area (Å²) in [5.74, 6) is -2.09. The van der Waals surface area contributed by atoms with Crippen LogP contribution in [0.25, 0.3) is 10.9 Å². The molecule has 0 bridgehead atoms. The smallest absolute Gasteiger partial charge is 0.416 e. The number of alkyl halides is 3. The maximum absolute atomic E-state index is 13.7. The van der Waals surface area contributed by atoms with Gasteiger partial charge in [-0.1, -0.05) is 44.6 Å². The Hall–Kier alpha value is -3.54. The van der Waals surface area contributed by atoms with E-state index in [1.54, 1.807) is 24.3 Å². The summed E-state index contributed by atoms with van der Waals surface area (Å²) in [7, 11) is -1.50. The van der Waals surface area contributed by atoms with Gasteiger partial charge in [-0.3, -0.25) is 14.4 Å². The normalized spacial score (nSPS) is 18.8. The maximum atomic E-state index is 13.7. The Labute approximate surface area is 255 Å². The van der Waals surface area contributed by atoms with Crippen LogP contribution in [0, 0.1) is 17.8 Å². The molecule has 2 aromatic carbocycles. The second-order valence-electron chi connectivity index (χ2n) is 12.7. The van der Waals surface area contributed by atoms with Crippen molar-refractivity contribution in [2.75, 3.05) is 13.2 Å². The van der Waals surface area contributed by atoms with Gasteiger partial charge in [0, 0.05) is 19.6 Å². The molecule has 0 saturated heterocycles. The Morgan fingerprint density at radius 1 is 1.02 bits per heavy atom. The number of esters is 1. The number of ketones is 1. The lowest BCUT2D eigenvalue weighted by Gasteiger charge is -2.24. The standard InChI is InChI=1S/C32H40F3N3O5Si/c1-5-6-7-16-42-24-12-8-21(9-13-24)29(39)25-14-10-22(28(25)31(41)43-17-18-44(2,3)4)20-38-30(40)26-19-23(32(33,34)35)11-15-27(26)36-37-38/h8-9,11-13,15,19,22,25,28H,5-7,10,14,16-18,20H2,1-4H3. The monoisotopic (exact) mass is 631 g/mol. The van der Waals surface area contributed by atoms with E-state index in [4.69, 9.17) is 9.47 Å². The molecule has 1 aromatic heterocycles. The van der Waals surface area contributed by atoms with Gasteiger partial charge in [0.05, 0.1) is 36.6 Å².